The van der Waals surface area contributed by atoms with E-state index >= 15 is 0 Å². The topological polar surface area (TPSA) is 158 Å². The molecule has 0 unspecified atom stereocenters. The van der Waals surface area contributed by atoms with Gasteiger partial charge in [0.2, 0.25) is 0 Å². The Hall–Kier alpha value is -5.65. The van der Waals surface area contributed by atoms with Crippen LogP contribution < -0.4 is 5.01 Å². The fourth-order valence-corrected chi connectivity index (χ4v) is 3.43. The van der Waals surface area contributed by atoms with Gasteiger partial charge in [-0.25, -0.2) is 4.98 Å². The van der Waals surface area contributed by atoms with Gasteiger partial charge in [-0.1, -0.05) is 66.7 Å². The van der Waals surface area contributed by atoms with Crippen molar-refractivity contribution in [2.75, 3.05) is 5.01 Å². The first-order chi connectivity index (χ1) is 18.4. The summed E-state index contributed by atoms with van der Waals surface area (Å²) in [6, 6.07) is 21.0. The molecule has 38 heavy (non-hydrogen) atoms. The summed E-state index contributed by atoms with van der Waals surface area (Å²) in [5, 5.41) is 36.1. The molecule has 0 aliphatic carbocycles. The van der Waals surface area contributed by atoms with Crippen LogP contribution in [-0.2, 0) is 0 Å². The zero-order valence-electron chi connectivity index (χ0n) is 19.9. The van der Waals surface area contributed by atoms with Gasteiger partial charge in [-0.3, -0.25) is 25.0 Å². The van der Waals surface area contributed by atoms with Crippen LogP contribution in [0.3, 0.4) is 0 Å². The third-order valence-corrected chi connectivity index (χ3v) is 5.18. The van der Waals surface area contributed by atoms with Crippen molar-refractivity contribution < 1.29 is 14.6 Å². The number of nitrogens with zero attached hydrogens (tertiary/aromatic N) is 7. The van der Waals surface area contributed by atoms with Gasteiger partial charge in [0, 0.05) is 29.5 Å². The molecule has 0 saturated carbocycles. The molecular formula is C26H19N7O5. The molecule has 1 aromatic heterocycles. The quantitative estimate of drug-likeness (QED) is 0.177. The third-order valence-electron chi connectivity index (χ3n) is 5.18. The van der Waals surface area contributed by atoms with Crippen LogP contribution >= 0.6 is 0 Å². The van der Waals surface area contributed by atoms with E-state index in [1.807, 2.05) is 60.7 Å². The Morgan fingerprint density at radius 3 is 1.92 bits per heavy atom. The van der Waals surface area contributed by atoms with E-state index in [0.717, 1.165) is 28.8 Å². The Morgan fingerprint density at radius 1 is 0.842 bits per heavy atom. The molecule has 1 heterocycles. The van der Waals surface area contributed by atoms with Crippen LogP contribution in [0.2, 0.25) is 0 Å². The fraction of sp³-hybridized carbons (Fsp3) is 0.0385. The second-order valence-corrected chi connectivity index (χ2v) is 7.70. The predicted octanol–water partition coefficient (Wildman–Crippen LogP) is 5.23. The van der Waals surface area contributed by atoms with E-state index in [9.17, 15) is 25.0 Å². The van der Waals surface area contributed by atoms with E-state index < -0.39 is 27.1 Å². The predicted molar refractivity (Wildman–Crippen MR) is 141 cm³/mol. The SMILES string of the molecule is C/C=C/C=N/N(C(=O)c1cc([N+](=O)[O-])cc([N+](=O)[O-])c1)c1nnc(-c2ccccc2)c(-c2ccccc2)n1. The second-order valence-electron chi connectivity index (χ2n) is 7.70. The van der Waals surface area contributed by atoms with Gasteiger partial charge in [-0.05, 0) is 13.0 Å². The van der Waals surface area contributed by atoms with Crippen LogP contribution in [0.25, 0.3) is 22.5 Å². The minimum absolute atomic E-state index is 0.233. The smallest absolute Gasteiger partial charge is 0.267 e. The molecule has 0 radical (unpaired) electrons. The first kappa shape index (κ1) is 25.4. The number of hydrogen-bond acceptors (Lipinski definition) is 9. The van der Waals surface area contributed by atoms with Crippen molar-refractivity contribution in [3.05, 3.63) is 117 Å². The maximum absolute atomic E-state index is 13.5. The highest BCUT2D eigenvalue weighted by molar-refractivity contribution is 6.06. The van der Waals surface area contributed by atoms with Gasteiger partial charge < -0.3 is 0 Å². The second kappa shape index (κ2) is 11.4. The van der Waals surface area contributed by atoms with E-state index in [2.05, 4.69) is 20.3 Å². The van der Waals surface area contributed by atoms with Crippen LogP contribution in [0.4, 0.5) is 17.3 Å². The van der Waals surface area contributed by atoms with Crippen molar-refractivity contribution in [1.29, 1.82) is 0 Å². The third kappa shape index (κ3) is 5.60. The number of aromatic nitrogens is 3. The number of nitro groups is 2. The zero-order valence-corrected chi connectivity index (χ0v) is 19.9. The molecule has 3 aromatic carbocycles. The Morgan fingerprint density at radius 2 is 1.39 bits per heavy atom. The molecule has 0 saturated heterocycles. The minimum atomic E-state index is -0.925. The number of allylic oxidation sites excluding steroid dienone is 2. The summed E-state index contributed by atoms with van der Waals surface area (Å²) in [5.41, 5.74) is 0.704. The molecule has 12 nitrogen and oxygen atoms in total. The number of anilines is 1. The summed E-state index contributed by atoms with van der Waals surface area (Å²) in [4.78, 5) is 39.2. The number of nitro benzene ring substituents is 2. The van der Waals surface area contributed by atoms with Crippen molar-refractivity contribution >= 4 is 29.4 Å². The minimum Gasteiger partial charge on any atom is -0.267 e. The van der Waals surface area contributed by atoms with Gasteiger partial charge >= 0.3 is 0 Å². The lowest BCUT2D eigenvalue weighted by Gasteiger charge is -2.16. The standard InChI is InChI=1S/C26H19N7O5/c1-2-3-14-27-31(25(34)20-15-21(32(35)36)17-22(16-20)33(37)38)26-28-23(18-10-6-4-7-11-18)24(29-30-26)19-12-8-5-9-13-19/h2-17H,1H3/b3-2+,27-14+. The van der Waals surface area contributed by atoms with E-state index in [0.29, 0.717) is 17.0 Å². The number of hydrazone groups is 1. The normalized spacial score (nSPS) is 11.1. The van der Waals surface area contributed by atoms with Crippen molar-refractivity contribution in [3.8, 4) is 22.5 Å². The first-order valence-electron chi connectivity index (χ1n) is 11.2. The van der Waals surface area contributed by atoms with E-state index in [1.54, 1.807) is 19.1 Å². The number of rotatable bonds is 8. The first-order valence-corrected chi connectivity index (χ1v) is 11.2. The lowest BCUT2D eigenvalue weighted by atomic mass is 10.0. The summed E-state index contributed by atoms with van der Waals surface area (Å²) in [6.45, 7) is 1.74. The summed E-state index contributed by atoms with van der Waals surface area (Å²) >= 11 is 0. The summed E-state index contributed by atoms with van der Waals surface area (Å²) in [7, 11) is 0. The molecule has 0 fully saturated rings. The molecule has 0 N–H and O–H groups in total. The van der Waals surface area contributed by atoms with Crippen molar-refractivity contribution in [2.24, 2.45) is 5.10 Å². The molecule has 0 spiro atoms. The van der Waals surface area contributed by atoms with Crippen LogP contribution in [0.15, 0.2) is 96.1 Å². The average Bonchev–Trinajstić information content (AvgIpc) is 2.95. The highest BCUT2D eigenvalue weighted by Gasteiger charge is 2.27. The van der Waals surface area contributed by atoms with E-state index in [4.69, 9.17) is 0 Å². The van der Waals surface area contributed by atoms with Gasteiger partial charge in [0.15, 0.2) is 0 Å². The highest BCUT2D eigenvalue weighted by Crippen LogP contribution is 2.30. The van der Waals surface area contributed by atoms with Crippen LogP contribution in [-0.4, -0.2) is 37.1 Å². The van der Waals surface area contributed by atoms with Gasteiger partial charge in [0.05, 0.1) is 21.5 Å². The van der Waals surface area contributed by atoms with Crippen molar-refractivity contribution in [1.82, 2.24) is 15.2 Å². The molecule has 0 bridgehead atoms. The van der Waals surface area contributed by atoms with Crippen molar-refractivity contribution in [3.63, 3.8) is 0 Å². The van der Waals surface area contributed by atoms with Crippen LogP contribution in [0, 0.1) is 20.2 Å². The number of carbonyl (C=O) groups excluding carboxylic acids is 1. The fourth-order valence-electron chi connectivity index (χ4n) is 3.43. The van der Waals surface area contributed by atoms with Gasteiger partial charge in [0.1, 0.15) is 11.4 Å². The maximum Gasteiger partial charge on any atom is 0.281 e. The van der Waals surface area contributed by atoms with Gasteiger partial charge in [0.25, 0.3) is 23.2 Å². The number of hydrogen-bond donors (Lipinski definition) is 0. The van der Waals surface area contributed by atoms with Gasteiger partial charge in [-0.15, -0.1) is 10.2 Å². The summed E-state index contributed by atoms with van der Waals surface area (Å²) < 4.78 is 0. The Labute approximate surface area is 215 Å². The van der Waals surface area contributed by atoms with Crippen molar-refractivity contribution in [2.45, 2.75) is 6.92 Å². The van der Waals surface area contributed by atoms with Crippen LogP contribution in [0.5, 0.6) is 0 Å². The van der Waals surface area contributed by atoms with E-state index in [1.165, 1.54) is 6.21 Å². The van der Waals surface area contributed by atoms with Gasteiger partial charge in [-0.2, -0.15) is 10.1 Å². The number of benzene rings is 3. The number of amides is 1. The lowest BCUT2D eigenvalue weighted by Crippen LogP contribution is -2.28. The molecular weight excluding hydrogens is 490 g/mol. The number of non-ortho nitro benzene ring substituents is 2. The highest BCUT2D eigenvalue weighted by atomic mass is 16.6. The molecule has 188 valence electrons. The molecule has 12 heteroatoms. The largest absolute Gasteiger partial charge is 0.281 e. The Kier molecular flexibility index (Phi) is 7.63. The molecule has 1 amide bonds. The summed E-state index contributed by atoms with van der Waals surface area (Å²) in [6.07, 6.45) is 4.50. The molecule has 4 aromatic rings. The molecule has 0 atom stereocenters. The molecule has 4 rings (SSSR count). The Bertz CT molecular complexity index is 1530. The lowest BCUT2D eigenvalue weighted by molar-refractivity contribution is -0.394. The molecule has 0 aliphatic rings. The summed E-state index contributed by atoms with van der Waals surface area (Å²) in [5.74, 6) is -1.16. The van der Waals surface area contributed by atoms with Crippen LogP contribution in [0.1, 0.15) is 17.3 Å². The Balaban J connectivity index is 1.89. The maximum atomic E-state index is 13.5. The number of carbonyl (C=O) groups is 1. The zero-order chi connectivity index (χ0) is 27.1. The average molecular weight is 509 g/mol. The van der Waals surface area contributed by atoms with E-state index in [-0.39, 0.29) is 11.5 Å². The molecule has 0 aliphatic heterocycles. The monoisotopic (exact) mass is 509 g/mol.